The average Bonchev–Trinajstić information content (AvgIpc) is 2.33. The van der Waals surface area contributed by atoms with E-state index in [4.69, 9.17) is 5.11 Å². The summed E-state index contributed by atoms with van der Waals surface area (Å²) in [5, 5.41) is 21.4. The number of anilines is 2. The second kappa shape index (κ2) is 4.57. The third kappa shape index (κ3) is 2.55. The van der Waals surface area contributed by atoms with Gasteiger partial charge in [-0.1, -0.05) is 18.2 Å². The number of phenols is 1. The summed E-state index contributed by atoms with van der Waals surface area (Å²) in [6.07, 6.45) is 0. The zero-order chi connectivity index (χ0) is 12.3. The molecule has 0 aliphatic carbocycles. The van der Waals surface area contributed by atoms with Crippen LogP contribution in [0, 0.1) is 0 Å². The number of benzene rings is 2. The van der Waals surface area contributed by atoms with E-state index < -0.39 is 5.97 Å². The molecule has 4 heteroatoms. The van der Waals surface area contributed by atoms with Crippen molar-refractivity contribution in [1.29, 1.82) is 0 Å². The van der Waals surface area contributed by atoms with E-state index in [1.807, 2.05) is 30.3 Å². The highest BCUT2D eigenvalue weighted by molar-refractivity contribution is 5.90. The molecule has 3 N–H and O–H groups in total. The van der Waals surface area contributed by atoms with Crippen LogP contribution >= 0.6 is 0 Å². The van der Waals surface area contributed by atoms with Crippen molar-refractivity contribution in [1.82, 2.24) is 0 Å². The molecule has 4 nitrogen and oxygen atoms in total. The van der Waals surface area contributed by atoms with Gasteiger partial charge in [-0.15, -0.1) is 0 Å². The zero-order valence-electron chi connectivity index (χ0n) is 8.92. The van der Waals surface area contributed by atoms with Gasteiger partial charge in [-0.25, -0.2) is 4.79 Å². The van der Waals surface area contributed by atoms with E-state index in [0.717, 1.165) is 5.69 Å². The van der Waals surface area contributed by atoms with Crippen LogP contribution in [0.2, 0.25) is 0 Å². The van der Waals surface area contributed by atoms with Gasteiger partial charge in [-0.05, 0) is 30.3 Å². The number of hydrogen-bond donors (Lipinski definition) is 3. The van der Waals surface area contributed by atoms with Gasteiger partial charge in [-0.2, -0.15) is 0 Å². The molecule has 0 unspecified atom stereocenters. The van der Waals surface area contributed by atoms with Gasteiger partial charge in [0.05, 0.1) is 11.3 Å². The number of rotatable bonds is 3. The average molecular weight is 229 g/mol. The lowest BCUT2D eigenvalue weighted by molar-refractivity contribution is 0.0697. The molecule has 0 fully saturated rings. The summed E-state index contributed by atoms with van der Waals surface area (Å²) < 4.78 is 0. The summed E-state index contributed by atoms with van der Waals surface area (Å²) in [4.78, 5) is 10.8. The molecule has 0 aliphatic rings. The minimum Gasteiger partial charge on any atom is -0.506 e. The Morgan fingerprint density at radius 1 is 1.06 bits per heavy atom. The van der Waals surface area contributed by atoms with Crippen LogP contribution in [0.3, 0.4) is 0 Å². The molecule has 0 aromatic heterocycles. The topological polar surface area (TPSA) is 69.6 Å². The molecule has 0 radical (unpaired) electrons. The van der Waals surface area contributed by atoms with Gasteiger partial charge in [0.15, 0.2) is 0 Å². The molecule has 2 rings (SSSR count). The minimum absolute atomic E-state index is 0.0128. The highest BCUT2D eigenvalue weighted by atomic mass is 16.4. The van der Waals surface area contributed by atoms with Gasteiger partial charge in [0.1, 0.15) is 5.75 Å². The van der Waals surface area contributed by atoms with Crippen molar-refractivity contribution in [2.45, 2.75) is 0 Å². The quantitative estimate of drug-likeness (QED) is 0.708. The summed E-state index contributed by atoms with van der Waals surface area (Å²) in [6.45, 7) is 0. The number of carbonyl (C=O) groups is 1. The molecule has 0 heterocycles. The van der Waals surface area contributed by atoms with Crippen molar-refractivity contribution >= 4 is 17.3 Å². The zero-order valence-corrected chi connectivity index (χ0v) is 8.92. The molecule has 0 saturated carbocycles. The summed E-state index contributed by atoms with van der Waals surface area (Å²) in [5.41, 5.74) is 1.28. The van der Waals surface area contributed by atoms with E-state index in [1.165, 1.54) is 18.2 Å². The molecule has 0 atom stereocenters. The first-order chi connectivity index (χ1) is 8.16. The number of carboxylic acid groups (broad SMARTS) is 1. The van der Waals surface area contributed by atoms with Gasteiger partial charge in [-0.3, -0.25) is 0 Å². The highest BCUT2D eigenvalue weighted by Gasteiger charge is 2.07. The first kappa shape index (κ1) is 11.0. The van der Waals surface area contributed by atoms with Gasteiger partial charge in [0.2, 0.25) is 0 Å². The Balaban J connectivity index is 2.32. The van der Waals surface area contributed by atoms with E-state index in [1.54, 1.807) is 0 Å². The minimum atomic E-state index is -1.03. The van der Waals surface area contributed by atoms with Crippen LogP contribution in [0.15, 0.2) is 48.5 Å². The Bertz CT molecular complexity index is 538. The van der Waals surface area contributed by atoms with Crippen LogP contribution in [0.1, 0.15) is 10.4 Å². The SMILES string of the molecule is O=C(O)c1ccc(O)c(Nc2ccccc2)c1. The van der Waals surface area contributed by atoms with Crippen molar-refractivity contribution < 1.29 is 15.0 Å². The maximum absolute atomic E-state index is 10.8. The molecule has 0 saturated heterocycles. The molecule has 2 aromatic carbocycles. The molecule has 0 bridgehead atoms. The Morgan fingerprint density at radius 2 is 1.76 bits per heavy atom. The lowest BCUT2D eigenvalue weighted by Crippen LogP contribution is -1.98. The number of aromatic carboxylic acids is 1. The first-order valence-electron chi connectivity index (χ1n) is 5.05. The largest absolute Gasteiger partial charge is 0.506 e. The van der Waals surface area contributed by atoms with Crippen LogP contribution < -0.4 is 5.32 Å². The Kier molecular flexibility index (Phi) is 2.96. The van der Waals surface area contributed by atoms with Crippen LogP contribution in [-0.2, 0) is 0 Å². The molecule has 2 aromatic rings. The fourth-order valence-corrected chi connectivity index (χ4v) is 1.45. The fraction of sp³-hybridized carbons (Fsp3) is 0. The van der Waals surface area contributed by atoms with E-state index in [-0.39, 0.29) is 11.3 Å². The van der Waals surface area contributed by atoms with Gasteiger partial charge < -0.3 is 15.5 Å². The molecule has 0 spiro atoms. The van der Waals surface area contributed by atoms with Crippen LogP contribution in [0.25, 0.3) is 0 Å². The third-order valence-electron chi connectivity index (χ3n) is 2.30. The van der Waals surface area contributed by atoms with E-state index in [9.17, 15) is 9.90 Å². The summed E-state index contributed by atoms with van der Waals surface area (Å²) in [6, 6.07) is 13.3. The first-order valence-corrected chi connectivity index (χ1v) is 5.05. The van der Waals surface area contributed by atoms with Crippen molar-refractivity contribution in [2.24, 2.45) is 0 Å². The summed E-state index contributed by atoms with van der Waals surface area (Å²) >= 11 is 0. The standard InChI is InChI=1S/C13H11NO3/c15-12-7-6-9(13(16)17)8-11(12)14-10-4-2-1-3-5-10/h1-8,14-15H,(H,16,17). The third-order valence-corrected chi connectivity index (χ3v) is 2.30. The lowest BCUT2D eigenvalue weighted by Gasteiger charge is -2.08. The smallest absolute Gasteiger partial charge is 0.335 e. The maximum atomic E-state index is 10.8. The van der Waals surface area contributed by atoms with Crippen LogP contribution in [-0.4, -0.2) is 16.2 Å². The Morgan fingerprint density at radius 3 is 2.41 bits per heavy atom. The number of hydrogen-bond acceptors (Lipinski definition) is 3. The second-order valence-corrected chi connectivity index (χ2v) is 3.53. The van der Waals surface area contributed by atoms with E-state index in [2.05, 4.69) is 5.32 Å². The number of para-hydroxylation sites is 1. The number of aromatic hydroxyl groups is 1. The van der Waals surface area contributed by atoms with Gasteiger partial charge in [0.25, 0.3) is 0 Å². The van der Waals surface area contributed by atoms with Crippen molar-refractivity contribution in [3.63, 3.8) is 0 Å². The van der Waals surface area contributed by atoms with Crippen molar-refractivity contribution in [3.8, 4) is 5.75 Å². The number of carboxylic acids is 1. The van der Waals surface area contributed by atoms with E-state index in [0.29, 0.717) is 5.69 Å². The molecular weight excluding hydrogens is 218 g/mol. The normalized spacial score (nSPS) is 9.88. The van der Waals surface area contributed by atoms with Gasteiger partial charge in [0, 0.05) is 5.69 Å². The molecule has 0 amide bonds. The maximum Gasteiger partial charge on any atom is 0.335 e. The predicted molar refractivity (Wildman–Crippen MR) is 64.8 cm³/mol. The summed E-state index contributed by atoms with van der Waals surface area (Å²) in [7, 11) is 0. The summed E-state index contributed by atoms with van der Waals surface area (Å²) in [5.74, 6) is -1.01. The fourth-order valence-electron chi connectivity index (χ4n) is 1.45. The van der Waals surface area contributed by atoms with Crippen molar-refractivity contribution in [3.05, 3.63) is 54.1 Å². The highest BCUT2D eigenvalue weighted by Crippen LogP contribution is 2.27. The Hall–Kier alpha value is -2.49. The van der Waals surface area contributed by atoms with Crippen molar-refractivity contribution in [2.75, 3.05) is 5.32 Å². The van der Waals surface area contributed by atoms with Crippen LogP contribution in [0.4, 0.5) is 11.4 Å². The molecule has 17 heavy (non-hydrogen) atoms. The second-order valence-electron chi connectivity index (χ2n) is 3.53. The predicted octanol–water partition coefficient (Wildman–Crippen LogP) is 2.83. The Labute approximate surface area is 98.2 Å². The van der Waals surface area contributed by atoms with E-state index >= 15 is 0 Å². The molecular formula is C13H11NO3. The number of nitrogens with one attached hydrogen (secondary N) is 1. The van der Waals surface area contributed by atoms with Crippen LogP contribution in [0.5, 0.6) is 5.75 Å². The number of phenolic OH excluding ortho intramolecular Hbond substituents is 1. The molecule has 0 aliphatic heterocycles. The van der Waals surface area contributed by atoms with Gasteiger partial charge >= 0.3 is 5.97 Å². The lowest BCUT2D eigenvalue weighted by atomic mass is 10.2. The monoisotopic (exact) mass is 229 g/mol. The molecule has 86 valence electrons.